The molecule has 0 spiro atoms. The van der Waals surface area contributed by atoms with Crippen molar-refractivity contribution < 1.29 is 0 Å². The van der Waals surface area contributed by atoms with E-state index in [4.69, 9.17) is 0 Å². The maximum absolute atomic E-state index is 4.60. The predicted molar refractivity (Wildman–Crippen MR) is 89.9 cm³/mol. The molecule has 3 nitrogen and oxygen atoms in total. The fourth-order valence-corrected chi connectivity index (χ4v) is 3.52. The summed E-state index contributed by atoms with van der Waals surface area (Å²) in [5, 5.41) is 3.53. The summed E-state index contributed by atoms with van der Waals surface area (Å²) in [6.45, 7) is 7.15. The first-order valence-corrected chi connectivity index (χ1v) is 8.29. The van der Waals surface area contributed by atoms with Gasteiger partial charge in [-0.05, 0) is 37.6 Å². The Morgan fingerprint density at radius 2 is 1.95 bits per heavy atom. The molecule has 0 fully saturated rings. The Morgan fingerprint density at radius 1 is 1.14 bits per heavy atom. The Kier molecular flexibility index (Phi) is 4.36. The summed E-state index contributed by atoms with van der Waals surface area (Å²) in [5.41, 5.74) is 2.31. The molecule has 0 saturated heterocycles. The number of nitrogens with one attached hydrogen (secondary N) is 1. The van der Waals surface area contributed by atoms with Crippen LogP contribution in [0.2, 0.25) is 0 Å². The lowest BCUT2D eigenvalue weighted by atomic mass is 10.3. The monoisotopic (exact) mass is 299 g/mol. The number of hydrogen-bond acceptors (Lipinski definition) is 3. The van der Waals surface area contributed by atoms with Crippen LogP contribution in [0.4, 0.5) is 0 Å². The van der Waals surface area contributed by atoms with Crippen molar-refractivity contribution in [2.24, 2.45) is 0 Å². The smallest absolute Gasteiger partial charge is 0.106 e. The highest BCUT2D eigenvalue weighted by molar-refractivity contribution is 7.11. The molecule has 0 bridgehead atoms. The maximum Gasteiger partial charge on any atom is 0.106 e. The van der Waals surface area contributed by atoms with Crippen LogP contribution in [0, 0.1) is 6.92 Å². The van der Waals surface area contributed by atoms with E-state index in [1.807, 2.05) is 17.4 Å². The fraction of sp³-hybridized carbons (Fsp3) is 0.353. The highest BCUT2D eigenvalue weighted by Gasteiger charge is 2.05. The van der Waals surface area contributed by atoms with Crippen LogP contribution in [0.25, 0.3) is 11.0 Å². The van der Waals surface area contributed by atoms with E-state index in [9.17, 15) is 0 Å². The largest absolute Gasteiger partial charge is 0.327 e. The van der Waals surface area contributed by atoms with Crippen LogP contribution in [0.5, 0.6) is 0 Å². The Balaban J connectivity index is 1.58. The average Bonchev–Trinajstić information content (AvgIpc) is 3.08. The first-order chi connectivity index (χ1) is 10.3. The van der Waals surface area contributed by atoms with E-state index in [1.165, 1.54) is 15.3 Å². The van der Waals surface area contributed by atoms with E-state index in [0.717, 1.165) is 37.4 Å². The number of para-hydroxylation sites is 2. The van der Waals surface area contributed by atoms with E-state index < -0.39 is 0 Å². The molecule has 0 amide bonds. The van der Waals surface area contributed by atoms with E-state index in [0.29, 0.717) is 0 Å². The van der Waals surface area contributed by atoms with Gasteiger partial charge in [0.15, 0.2) is 0 Å². The van der Waals surface area contributed by atoms with Gasteiger partial charge in [0.1, 0.15) is 5.82 Å². The van der Waals surface area contributed by atoms with E-state index in [2.05, 4.69) is 59.0 Å². The average molecular weight is 299 g/mol. The first-order valence-electron chi connectivity index (χ1n) is 7.48. The van der Waals surface area contributed by atoms with Gasteiger partial charge in [0.2, 0.25) is 0 Å². The lowest BCUT2D eigenvalue weighted by Crippen LogP contribution is -2.19. The number of rotatable bonds is 6. The third-order valence-electron chi connectivity index (χ3n) is 3.72. The van der Waals surface area contributed by atoms with Gasteiger partial charge in [0.25, 0.3) is 0 Å². The second-order valence-corrected chi connectivity index (χ2v) is 6.45. The Hall–Kier alpha value is -1.65. The van der Waals surface area contributed by atoms with E-state index in [-0.39, 0.29) is 0 Å². The van der Waals surface area contributed by atoms with Crippen molar-refractivity contribution in [1.82, 2.24) is 14.9 Å². The van der Waals surface area contributed by atoms with Gasteiger partial charge in [-0.15, -0.1) is 11.3 Å². The summed E-state index contributed by atoms with van der Waals surface area (Å²) in [6.07, 6.45) is 1.13. The SMILES string of the molecule is CCc1ccc(CNCCn2c(C)nc3ccccc32)s1. The zero-order valence-corrected chi connectivity index (χ0v) is 13.4. The van der Waals surface area contributed by atoms with Crippen LogP contribution in [0.1, 0.15) is 22.5 Å². The highest BCUT2D eigenvalue weighted by Crippen LogP contribution is 2.17. The normalized spacial score (nSPS) is 11.3. The molecule has 2 aromatic heterocycles. The van der Waals surface area contributed by atoms with Crippen LogP contribution >= 0.6 is 11.3 Å². The van der Waals surface area contributed by atoms with Gasteiger partial charge in [0, 0.05) is 29.4 Å². The molecule has 0 aliphatic heterocycles. The van der Waals surface area contributed by atoms with Crippen molar-refractivity contribution in [1.29, 1.82) is 0 Å². The number of imidazole rings is 1. The topological polar surface area (TPSA) is 29.9 Å². The van der Waals surface area contributed by atoms with Crippen molar-refractivity contribution in [2.75, 3.05) is 6.54 Å². The summed E-state index contributed by atoms with van der Waals surface area (Å²) < 4.78 is 2.29. The van der Waals surface area contributed by atoms with Crippen molar-refractivity contribution in [2.45, 2.75) is 33.4 Å². The molecule has 0 unspecified atom stereocenters. The van der Waals surface area contributed by atoms with Gasteiger partial charge >= 0.3 is 0 Å². The van der Waals surface area contributed by atoms with Gasteiger partial charge in [-0.2, -0.15) is 0 Å². The van der Waals surface area contributed by atoms with Crippen LogP contribution < -0.4 is 5.32 Å². The van der Waals surface area contributed by atoms with Gasteiger partial charge in [-0.1, -0.05) is 19.1 Å². The lowest BCUT2D eigenvalue weighted by molar-refractivity contribution is 0.600. The van der Waals surface area contributed by atoms with Crippen molar-refractivity contribution in [3.63, 3.8) is 0 Å². The number of aryl methyl sites for hydroxylation is 2. The summed E-state index contributed by atoms with van der Waals surface area (Å²) in [5.74, 6) is 1.09. The second-order valence-electron chi connectivity index (χ2n) is 5.20. The minimum atomic E-state index is 0.955. The number of nitrogens with zero attached hydrogens (tertiary/aromatic N) is 2. The molecule has 1 aromatic carbocycles. The number of aromatic nitrogens is 2. The van der Waals surface area contributed by atoms with Gasteiger partial charge in [-0.3, -0.25) is 0 Å². The first kappa shape index (κ1) is 14.3. The molecule has 0 aliphatic carbocycles. The second kappa shape index (κ2) is 6.41. The van der Waals surface area contributed by atoms with Crippen LogP contribution in [-0.4, -0.2) is 16.1 Å². The Morgan fingerprint density at radius 3 is 2.76 bits per heavy atom. The molecule has 4 heteroatoms. The minimum absolute atomic E-state index is 0.955. The molecule has 0 atom stereocenters. The quantitative estimate of drug-likeness (QED) is 0.702. The zero-order valence-electron chi connectivity index (χ0n) is 12.6. The molecular formula is C17H21N3S. The molecule has 2 heterocycles. The summed E-state index contributed by atoms with van der Waals surface area (Å²) >= 11 is 1.90. The third kappa shape index (κ3) is 3.17. The minimum Gasteiger partial charge on any atom is -0.327 e. The van der Waals surface area contributed by atoms with Gasteiger partial charge in [-0.25, -0.2) is 4.98 Å². The van der Waals surface area contributed by atoms with Crippen LogP contribution in [0.3, 0.4) is 0 Å². The fourth-order valence-electron chi connectivity index (χ4n) is 2.59. The summed E-state index contributed by atoms with van der Waals surface area (Å²) in [4.78, 5) is 7.48. The van der Waals surface area contributed by atoms with Crippen LogP contribution in [-0.2, 0) is 19.5 Å². The van der Waals surface area contributed by atoms with Crippen molar-refractivity contribution >= 4 is 22.4 Å². The number of benzene rings is 1. The Labute approximate surface area is 129 Å². The number of thiophene rings is 1. The molecule has 0 aliphatic rings. The van der Waals surface area contributed by atoms with Gasteiger partial charge in [0.05, 0.1) is 11.0 Å². The zero-order chi connectivity index (χ0) is 14.7. The molecule has 21 heavy (non-hydrogen) atoms. The molecule has 110 valence electrons. The lowest BCUT2D eigenvalue weighted by Gasteiger charge is -2.07. The number of hydrogen-bond donors (Lipinski definition) is 1. The standard InChI is InChI=1S/C17H21N3S/c1-3-14-8-9-15(21-14)12-18-10-11-20-13(2)19-16-6-4-5-7-17(16)20/h4-9,18H,3,10-12H2,1-2H3. The van der Waals surface area contributed by atoms with Gasteiger partial charge < -0.3 is 9.88 Å². The van der Waals surface area contributed by atoms with Crippen LogP contribution in [0.15, 0.2) is 36.4 Å². The van der Waals surface area contributed by atoms with Crippen molar-refractivity contribution in [3.05, 3.63) is 52.0 Å². The molecule has 0 saturated carbocycles. The maximum atomic E-state index is 4.60. The predicted octanol–water partition coefficient (Wildman–Crippen LogP) is 3.76. The third-order valence-corrected chi connectivity index (χ3v) is 4.95. The highest BCUT2D eigenvalue weighted by atomic mass is 32.1. The van der Waals surface area contributed by atoms with E-state index >= 15 is 0 Å². The molecule has 0 radical (unpaired) electrons. The van der Waals surface area contributed by atoms with E-state index in [1.54, 1.807) is 0 Å². The molecule has 3 aromatic rings. The molecular weight excluding hydrogens is 278 g/mol. The summed E-state index contributed by atoms with van der Waals surface area (Å²) in [6, 6.07) is 12.8. The molecule has 1 N–H and O–H groups in total. The summed E-state index contributed by atoms with van der Waals surface area (Å²) in [7, 11) is 0. The van der Waals surface area contributed by atoms with Crippen molar-refractivity contribution in [3.8, 4) is 0 Å². The molecule has 3 rings (SSSR count). The number of fused-ring (bicyclic) bond motifs is 1. The Bertz CT molecular complexity index is 727.